The van der Waals surface area contributed by atoms with Crippen molar-refractivity contribution < 1.29 is 0 Å². The largest absolute Gasteiger partial charge is 0.389 e. The molecule has 0 heterocycles. The van der Waals surface area contributed by atoms with Crippen molar-refractivity contribution in [2.45, 2.75) is 39.0 Å². The summed E-state index contributed by atoms with van der Waals surface area (Å²) >= 11 is 6.98. The second-order valence-corrected chi connectivity index (χ2v) is 7.46. The first-order chi connectivity index (χ1) is 8.85. The highest BCUT2D eigenvalue weighted by Crippen LogP contribution is 2.29. The predicted molar refractivity (Wildman–Crippen MR) is 91.3 cm³/mol. The number of hydrogen-bond donors (Lipinski definition) is 2. The molecular weight excluding hydrogens is 272 g/mol. The van der Waals surface area contributed by atoms with Gasteiger partial charge in [0.2, 0.25) is 0 Å². The van der Waals surface area contributed by atoms with E-state index in [1.54, 1.807) is 11.8 Å². The molecule has 2 nitrogen and oxygen atoms in total. The van der Waals surface area contributed by atoms with Crippen LogP contribution in [0.15, 0.2) is 23.1 Å². The third-order valence-corrected chi connectivity index (χ3v) is 3.91. The lowest BCUT2D eigenvalue weighted by Gasteiger charge is -2.20. The number of nitrogens with two attached hydrogens (primary N) is 1. The van der Waals surface area contributed by atoms with Crippen molar-refractivity contribution in [2.75, 3.05) is 17.6 Å². The average Bonchev–Trinajstić information content (AvgIpc) is 2.27. The highest BCUT2D eigenvalue weighted by molar-refractivity contribution is 7.99. The summed E-state index contributed by atoms with van der Waals surface area (Å²) in [7, 11) is 0. The second kappa shape index (κ2) is 7.15. The Balaban J connectivity index is 2.87. The molecular formula is C15H24N2S2. The summed E-state index contributed by atoms with van der Waals surface area (Å²) in [6.07, 6.45) is 1.11. The molecule has 0 aliphatic rings. The first kappa shape index (κ1) is 16.3. The van der Waals surface area contributed by atoms with Crippen LogP contribution in [0.25, 0.3) is 0 Å². The van der Waals surface area contributed by atoms with Crippen LogP contribution in [-0.2, 0) is 0 Å². The standard InChI is InChI=1S/C15H24N2S2/c1-5-19-12-8-6-7-11(13(12)14(16)18)17-10-9-15(2,3)4/h6-8,17H,5,9-10H2,1-4H3,(H2,16,18). The smallest absolute Gasteiger partial charge is 0.107 e. The minimum absolute atomic E-state index is 0.326. The molecule has 0 atom stereocenters. The lowest BCUT2D eigenvalue weighted by atomic mass is 9.92. The Morgan fingerprint density at radius 2 is 2.05 bits per heavy atom. The third kappa shape index (κ3) is 5.41. The van der Waals surface area contributed by atoms with E-state index >= 15 is 0 Å². The molecule has 4 heteroatoms. The Kier molecular flexibility index (Phi) is 6.14. The minimum atomic E-state index is 0.326. The normalized spacial score (nSPS) is 11.4. The molecule has 0 bridgehead atoms. The molecule has 3 N–H and O–H groups in total. The number of anilines is 1. The number of nitrogens with one attached hydrogen (secondary N) is 1. The fourth-order valence-electron chi connectivity index (χ4n) is 1.78. The van der Waals surface area contributed by atoms with Crippen LogP contribution in [0.2, 0.25) is 0 Å². The van der Waals surface area contributed by atoms with Gasteiger partial charge in [0.05, 0.1) is 0 Å². The van der Waals surface area contributed by atoms with Gasteiger partial charge in [0.1, 0.15) is 4.99 Å². The molecule has 0 unspecified atom stereocenters. The van der Waals surface area contributed by atoms with E-state index in [-0.39, 0.29) is 0 Å². The lowest BCUT2D eigenvalue weighted by Crippen LogP contribution is -2.17. The fraction of sp³-hybridized carbons (Fsp3) is 0.533. The Bertz CT molecular complexity index is 436. The van der Waals surface area contributed by atoms with Crippen LogP contribution in [-0.4, -0.2) is 17.3 Å². The van der Waals surface area contributed by atoms with Gasteiger partial charge in [-0.05, 0) is 29.7 Å². The number of thiocarbonyl (C=S) groups is 1. The van der Waals surface area contributed by atoms with Gasteiger partial charge in [0, 0.05) is 22.7 Å². The molecule has 0 amide bonds. The molecule has 106 valence electrons. The zero-order valence-corrected chi connectivity index (χ0v) is 13.9. The van der Waals surface area contributed by atoms with Crippen molar-refractivity contribution in [3.05, 3.63) is 23.8 Å². The van der Waals surface area contributed by atoms with Gasteiger partial charge in [0.15, 0.2) is 0 Å². The van der Waals surface area contributed by atoms with E-state index < -0.39 is 0 Å². The first-order valence-electron chi connectivity index (χ1n) is 6.64. The molecule has 0 saturated carbocycles. The van der Waals surface area contributed by atoms with E-state index in [0.717, 1.165) is 34.9 Å². The SMILES string of the molecule is CCSc1cccc(NCCC(C)(C)C)c1C(N)=S. The third-order valence-electron chi connectivity index (χ3n) is 2.76. The van der Waals surface area contributed by atoms with Crippen molar-refractivity contribution >= 4 is 34.7 Å². The second-order valence-electron chi connectivity index (χ2n) is 5.71. The Hall–Kier alpha value is -0.740. The summed E-state index contributed by atoms with van der Waals surface area (Å²) in [6.45, 7) is 9.79. The molecule has 1 aromatic carbocycles. The topological polar surface area (TPSA) is 38.0 Å². The van der Waals surface area contributed by atoms with Crippen LogP contribution in [0.5, 0.6) is 0 Å². The Morgan fingerprint density at radius 1 is 1.37 bits per heavy atom. The van der Waals surface area contributed by atoms with Gasteiger partial charge in [-0.2, -0.15) is 0 Å². The molecule has 0 radical (unpaired) electrons. The van der Waals surface area contributed by atoms with E-state index in [1.165, 1.54) is 0 Å². The van der Waals surface area contributed by atoms with Crippen LogP contribution in [0.3, 0.4) is 0 Å². The van der Waals surface area contributed by atoms with Crippen molar-refractivity contribution in [3.8, 4) is 0 Å². The Labute approximate surface area is 126 Å². The van der Waals surface area contributed by atoms with Gasteiger partial charge in [0.25, 0.3) is 0 Å². The van der Waals surface area contributed by atoms with E-state index in [0.29, 0.717) is 10.4 Å². The highest BCUT2D eigenvalue weighted by atomic mass is 32.2. The van der Waals surface area contributed by atoms with Gasteiger partial charge in [-0.1, -0.05) is 46.0 Å². The van der Waals surface area contributed by atoms with Crippen LogP contribution < -0.4 is 11.1 Å². The van der Waals surface area contributed by atoms with Crippen LogP contribution in [0.4, 0.5) is 5.69 Å². The maximum Gasteiger partial charge on any atom is 0.107 e. The van der Waals surface area contributed by atoms with Crippen LogP contribution in [0, 0.1) is 5.41 Å². The summed E-state index contributed by atoms with van der Waals surface area (Å²) in [6, 6.07) is 6.19. The Morgan fingerprint density at radius 3 is 2.58 bits per heavy atom. The number of benzene rings is 1. The number of hydrogen-bond acceptors (Lipinski definition) is 3. The summed E-state index contributed by atoms with van der Waals surface area (Å²) in [4.78, 5) is 1.63. The van der Waals surface area contributed by atoms with E-state index in [1.807, 2.05) is 0 Å². The summed E-state index contributed by atoms with van der Waals surface area (Å²) in [5, 5.41) is 3.47. The summed E-state index contributed by atoms with van der Waals surface area (Å²) in [5.74, 6) is 1.01. The maximum atomic E-state index is 5.88. The average molecular weight is 297 g/mol. The molecule has 19 heavy (non-hydrogen) atoms. The van der Waals surface area contributed by atoms with E-state index in [2.05, 4.69) is 51.2 Å². The first-order valence-corrected chi connectivity index (χ1v) is 8.04. The molecule has 1 aromatic rings. The van der Waals surface area contributed by atoms with Crippen LogP contribution in [0.1, 0.15) is 39.7 Å². The molecule has 0 aromatic heterocycles. The number of thioether (sulfide) groups is 1. The highest BCUT2D eigenvalue weighted by Gasteiger charge is 2.13. The van der Waals surface area contributed by atoms with Crippen molar-refractivity contribution in [1.82, 2.24) is 0 Å². The summed E-state index contributed by atoms with van der Waals surface area (Å²) < 4.78 is 0. The fourth-order valence-corrected chi connectivity index (χ4v) is 2.92. The van der Waals surface area contributed by atoms with Gasteiger partial charge >= 0.3 is 0 Å². The van der Waals surface area contributed by atoms with Crippen molar-refractivity contribution in [1.29, 1.82) is 0 Å². The molecule has 0 fully saturated rings. The van der Waals surface area contributed by atoms with Gasteiger partial charge in [-0.3, -0.25) is 0 Å². The van der Waals surface area contributed by atoms with E-state index in [4.69, 9.17) is 18.0 Å². The van der Waals surface area contributed by atoms with Crippen molar-refractivity contribution in [3.63, 3.8) is 0 Å². The molecule has 0 aliphatic carbocycles. The molecule has 0 saturated heterocycles. The molecule has 0 aliphatic heterocycles. The van der Waals surface area contributed by atoms with E-state index in [9.17, 15) is 0 Å². The van der Waals surface area contributed by atoms with Gasteiger partial charge < -0.3 is 11.1 Å². The monoisotopic (exact) mass is 296 g/mol. The van der Waals surface area contributed by atoms with Crippen molar-refractivity contribution in [2.24, 2.45) is 11.1 Å². The number of rotatable bonds is 6. The predicted octanol–water partition coefficient (Wildman–Crippen LogP) is 4.28. The minimum Gasteiger partial charge on any atom is -0.389 e. The quantitative estimate of drug-likeness (QED) is 0.607. The van der Waals surface area contributed by atoms with Crippen LogP contribution >= 0.6 is 24.0 Å². The van der Waals surface area contributed by atoms with Gasteiger partial charge in [-0.15, -0.1) is 11.8 Å². The molecule has 0 spiro atoms. The zero-order valence-electron chi connectivity index (χ0n) is 12.2. The lowest BCUT2D eigenvalue weighted by molar-refractivity contribution is 0.390. The zero-order chi connectivity index (χ0) is 14.5. The summed E-state index contributed by atoms with van der Waals surface area (Å²) in [5.41, 5.74) is 8.24. The van der Waals surface area contributed by atoms with Gasteiger partial charge in [-0.25, -0.2) is 0 Å². The molecule has 1 rings (SSSR count). The maximum absolute atomic E-state index is 5.88.